The minimum atomic E-state index is -1.18. The molecule has 1 heteroatoms. The third-order valence-electron chi connectivity index (χ3n) is 3.49. The van der Waals surface area contributed by atoms with Crippen LogP contribution < -0.4 is 0 Å². The zero-order chi connectivity index (χ0) is 12.7. The van der Waals surface area contributed by atoms with Crippen LogP contribution in [0.3, 0.4) is 0 Å². The lowest BCUT2D eigenvalue weighted by Crippen LogP contribution is -2.16. The Hall–Kier alpha value is -0.483. The minimum absolute atomic E-state index is 0.805. The van der Waals surface area contributed by atoms with Crippen LogP contribution in [0.5, 0.6) is 0 Å². The topological polar surface area (TPSA) is 0 Å². The maximum Gasteiger partial charge on any atom is 0.129 e. The van der Waals surface area contributed by atoms with E-state index in [0.717, 1.165) is 11.8 Å². The molecule has 0 unspecified atom stereocenters. The van der Waals surface area contributed by atoms with Gasteiger partial charge in [0.25, 0.3) is 0 Å². The first-order valence-corrected chi connectivity index (χ1v) is 10.7. The number of allylic oxidation sites excluding steroid dienone is 2. The van der Waals surface area contributed by atoms with E-state index in [2.05, 4.69) is 50.2 Å². The Labute approximate surface area is 109 Å². The second kappa shape index (κ2) is 7.06. The molecule has 0 N–H and O–H groups in total. The molecule has 96 valence electrons. The zero-order valence-electron chi connectivity index (χ0n) is 12.1. The van der Waals surface area contributed by atoms with Gasteiger partial charge in [0.15, 0.2) is 0 Å². The van der Waals surface area contributed by atoms with Crippen molar-refractivity contribution >= 4 is 8.07 Å². The molecule has 1 fully saturated rings. The SMILES string of the molecule is CCCC1CCC(/C=C/C#C[Si](C)(C)C)CC1. The molecule has 1 saturated carbocycles. The van der Waals surface area contributed by atoms with Crippen molar-refractivity contribution < 1.29 is 0 Å². The van der Waals surface area contributed by atoms with Crippen molar-refractivity contribution in [2.75, 3.05) is 0 Å². The maximum absolute atomic E-state index is 3.39. The lowest BCUT2D eigenvalue weighted by Gasteiger charge is -2.26. The fourth-order valence-corrected chi connectivity index (χ4v) is 3.04. The predicted octanol–water partition coefficient (Wildman–Crippen LogP) is 5.03. The first kappa shape index (κ1) is 14.6. The number of rotatable bonds is 3. The van der Waals surface area contributed by atoms with Crippen molar-refractivity contribution in [2.24, 2.45) is 11.8 Å². The molecule has 1 aliphatic carbocycles. The Morgan fingerprint density at radius 1 is 1.12 bits per heavy atom. The maximum atomic E-state index is 3.39. The molecular weight excluding hydrogens is 220 g/mol. The molecule has 0 aromatic rings. The summed E-state index contributed by atoms with van der Waals surface area (Å²) in [6.45, 7) is 9.19. The highest BCUT2D eigenvalue weighted by Crippen LogP contribution is 2.31. The van der Waals surface area contributed by atoms with Gasteiger partial charge in [-0.05, 0) is 43.6 Å². The highest BCUT2D eigenvalue weighted by molar-refractivity contribution is 6.83. The summed E-state index contributed by atoms with van der Waals surface area (Å²) >= 11 is 0. The van der Waals surface area contributed by atoms with Crippen LogP contribution in [0, 0.1) is 23.3 Å². The summed E-state index contributed by atoms with van der Waals surface area (Å²) in [6.07, 6.45) is 12.9. The van der Waals surface area contributed by atoms with E-state index in [-0.39, 0.29) is 0 Å². The molecule has 0 atom stereocenters. The molecule has 0 nitrogen and oxygen atoms in total. The Morgan fingerprint density at radius 3 is 2.29 bits per heavy atom. The highest BCUT2D eigenvalue weighted by atomic mass is 28.3. The Bertz CT molecular complexity index is 290. The Kier molecular flexibility index (Phi) is 6.06. The second-order valence-corrected chi connectivity index (χ2v) is 11.2. The van der Waals surface area contributed by atoms with Gasteiger partial charge in [-0.3, -0.25) is 0 Å². The van der Waals surface area contributed by atoms with Crippen LogP contribution in [-0.2, 0) is 0 Å². The summed E-state index contributed by atoms with van der Waals surface area (Å²) < 4.78 is 0. The van der Waals surface area contributed by atoms with E-state index in [1.165, 1.54) is 38.5 Å². The molecule has 0 aromatic carbocycles. The molecule has 0 heterocycles. The van der Waals surface area contributed by atoms with Gasteiger partial charge in [-0.25, -0.2) is 0 Å². The average molecular weight is 248 g/mol. The average Bonchev–Trinajstić information content (AvgIpc) is 2.26. The fourth-order valence-electron chi connectivity index (χ4n) is 2.52. The standard InChI is InChI=1S/C16H28Si/c1-5-8-15-10-12-16(13-11-15)9-6-7-14-17(2,3)4/h6,9,15-16H,5,8,10-13H2,1-4H3/b9-6+. The van der Waals surface area contributed by atoms with E-state index in [9.17, 15) is 0 Å². The van der Waals surface area contributed by atoms with E-state index in [4.69, 9.17) is 0 Å². The van der Waals surface area contributed by atoms with Gasteiger partial charge >= 0.3 is 0 Å². The molecule has 0 spiro atoms. The van der Waals surface area contributed by atoms with Gasteiger partial charge in [-0.15, -0.1) is 5.54 Å². The van der Waals surface area contributed by atoms with Gasteiger partial charge in [0.2, 0.25) is 0 Å². The van der Waals surface area contributed by atoms with Crippen LogP contribution >= 0.6 is 0 Å². The third-order valence-corrected chi connectivity index (χ3v) is 4.38. The van der Waals surface area contributed by atoms with Gasteiger partial charge in [0.05, 0.1) is 0 Å². The van der Waals surface area contributed by atoms with Crippen molar-refractivity contribution in [2.45, 2.75) is 65.1 Å². The summed E-state index contributed by atoms with van der Waals surface area (Å²) in [5.41, 5.74) is 3.39. The molecule has 1 aliphatic rings. The summed E-state index contributed by atoms with van der Waals surface area (Å²) in [6, 6.07) is 0. The van der Waals surface area contributed by atoms with E-state index in [0.29, 0.717) is 0 Å². The quantitative estimate of drug-likeness (QED) is 0.485. The van der Waals surface area contributed by atoms with Crippen molar-refractivity contribution in [3.63, 3.8) is 0 Å². The van der Waals surface area contributed by atoms with Crippen LogP contribution in [0.15, 0.2) is 12.2 Å². The minimum Gasteiger partial charge on any atom is -0.127 e. The zero-order valence-corrected chi connectivity index (χ0v) is 13.1. The smallest absolute Gasteiger partial charge is 0.127 e. The molecule has 1 rings (SSSR count). The molecule has 0 bridgehead atoms. The van der Waals surface area contributed by atoms with Gasteiger partial charge in [-0.2, -0.15) is 0 Å². The van der Waals surface area contributed by atoms with Gasteiger partial charge < -0.3 is 0 Å². The predicted molar refractivity (Wildman–Crippen MR) is 80.6 cm³/mol. The van der Waals surface area contributed by atoms with E-state index in [1.54, 1.807) is 0 Å². The first-order chi connectivity index (χ1) is 8.01. The highest BCUT2D eigenvalue weighted by Gasteiger charge is 2.18. The number of hydrogen-bond acceptors (Lipinski definition) is 0. The second-order valence-electron chi connectivity index (χ2n) is 6.45. The van der Waals surface area contributed by atoms with Crippen LogP contribution in [-0.4, -0.2) is 8.07 Å². The van der Waals surface area contributed by atoms with Crippen molar-refractivity contribution in [1.29, 1.82) is 0 Å². The lowest BCUT2D eigenvalue weighted by molar-refractivity contribution is 0.294. The molecule has 17 heavy (non-hydrogen) atoms. The van der Waals surface area contributed by atoms with Crippen LogP contribution in [0.4, 0.5) is 0 Å². The molecule has 0 amide bonds. The molecule has 0 aliphatic heterocycles. The monoisotopic (exact) mass is 248 g/mol. The van der Waals surface area contributed by atoms with Gasteiger partial charge in [0.1, 0.15) is 8.07 Å². The summed E-state index contributed by atoms with van der Waals surface area (Å²) in [7, 11) is -1.18. The molecular formula is C16H28Si. The Morgan fingerprint density at radius 2 is 1.76 bits per heavy atom. The molecule has 0 radical (unpaired) electrons. The van der Waals surface area contributed by atoms with E-state index in [1.807, 2.05) is 0 Å². The number of hydrogen-bond donors (Lipinski definition) is 0. The van der Waals surface area contributed by atoms with Crippen LogP contribution in [0.25, 0.3) is 0 Å². The summed E-state index contributed by atoms with van der Waals surface area (Å²) in [5.74, 6) is 5.06. The fraction of sp³-hybridized carbons (Fsp3) is 0.750. The largest absolute Gasteiger partial charge is 0.129 e. The van der Waals surface area contributed by atoms with E-state index >= 15 is 0 Å². The molecule has 0 aromatic heterocycles. The van der Waals surface area contributed by atoms with Crippen molar-refractivity contribution in [3.05, 3.63) is 12.2 Å². The molecule has 0 saturated heterocycles. The Balaban J connectivity index is 2.30. The van der Waals surface area contributed by atoms with Gasteiger partial charge in [0, 0.05) is 0 Å². The van der Waals surface area contributed by atoms with Crippen LogP contribution in [0.2, 0.25) is 19.6 Å². The van der Waals surface area contributed by atoms with Crippen molar-refractivity contribution in [3.8, 4) is 11.5 Å². The van der Waals surface area contributed by atoms with Gasteiger partial charge in [-0.1, -0.05) is 51.4 Å². The summed E-state index contributed by atoms with van der Waals surface area (Å²) in [5, 5.41) is 0. The lowest BCUT2D eigenvalue weighted by atomic mass is 9.80. The van der Waals surface area contributed by atoms with E-state index < -0.39 is 8.07 Å². The normalized spacial score (nSPS) is 25.6. The van der Waals surface area contributed by atoms with Crippen molar-refractivity contribution in [1.82, 2.24) is 0 Å². The first-order valence-electron chi connectivity index (χ1n) is 7.20. The summed E-state index contributed by atoms with van der Waals surface area (Å²) in [4.78, 5) is 0. The van der Waals surface area contributed by atoms with Crippen LogP contribution in [0.1, 0.15) is 45.4 Å². The third kappa shape index (κ3) is 6.73.